The van der Waals surface area contributed by atoms with Gasteiger partial charge in [0.2, 0.25) is 0 Å². The van der Waals surface area contributed by atoms with Crippen molar-refractivity contribution in [3.05, 3.63) is 35.4 Å². The van der Waals surface area contributed by atoms with Crippen molar-refractivity contribution in [3.8, 4) is 0 Å². The van der Waals surface area contributed by atoms with Crippen LogP contribution in [0.4, 0.5) is 0 Å². The van der Waals surface area contributed by atoms with Crippen LogP contribution in [0.2, 0.25) is 0 Å². The van der Waals surface area contributed by atoms with Crippen molar-refractivity contribution in [2.75, 3.05) is 52.9 Å². The fourth-order valence-electron chi connectivity index (χ4n) is 3.52. The van der Waals surface area contributed by atoms with Gasteiger partial charge in [-0.05, 0) is 24.5 Å². The van der Waals surface area contributed by atoms with E-state index in [0.29, 0.717) is 0 Å². The number of carboxylic acid groups (broad SMARTS) is 1. The number of hydrogen-bond donors (Lipinski definition) is 2. The van der Waals surface area contributed by atoms with Crippen LogP contribution < -0.4 is 5.48 Å². The van der Waals surface area contributed by atoms with Crippen molar-refractivity contribution in [2.45, 2.75) is 25.5 Å². The van der Waals surface area contributed by atoms with Gasteiger partial charge in [0.15, 0.2) is 0 Å². The first-order chi connectivity index (χ1) is 13.5. The molecular weight excluding hydrogens is 358 g/mol. The minimum absolute atomic E-state index is 0.132. The largest absolute Gasteiger partial charge is 0.480 e. The molecule has 0 saturated carbocycles. The van der Waals surface area contributed by atoms with Gasteiger partial charge in [-0.1, -0.05) is 24.3 Å². The SMILES string of the molecule is CCN(C)N=Cc1ccc(C2CC(CN3CCN(CC(=O)O)CC3)ON2)cc1. The van der Waals surface area contributed by atoms with Crippen molar-refractivity contribution < 1.29 is 14.7 Å². The van der Waals surface area contributed by atoms with Gasteiger partial charge in [0.05, 0.1) is 24.9 Å². The normalized spacial score (nSPS) is 24.1. The maximum absolute atomic E-state index is 10.8. The van der Waals surface area contributed by atoms with Crippen molar-refractivity contribution >= 4 is 12.2 Å². The van der Waals surface area contributed by atoms with Gasteiger partial charge in [-0.25, -0.2) is 0 Å². The topological polar surface area (TPSA) is 80.6 Å². The van der Waals surface area contributed by atoms with Crippen LogP contribution in [0.1, 0.15) is 30.5 Å². The number of aliphatic carboxylic acids is 1. The number of hydrazone groups is 1. The average molecular weight is 390 g/mol. The highest BCUT2D eigenvalue weighted by Crippen LogP contribution is 2.26. The predicted octanol–water partition coefficient (Wildman–Crippen LogP) is 1.01. The third-order valence-corrected chi connectivity index (χ3v) is 5.36. The van der Waals surface area contributed by atoms with Crippen LogP contribution in [0.25, 0.3) is 0 Å². The van der Waals surface area contributed by atoms with E-state index in [9.17, 15) is 4.79 Å². The van der Waals surface area contributed by atoms with Gasteiger partial charge in [0, 0.05) is 46.3 Å². The molecule has 0 spiro atoms. The molecule has 0 bridgehead atoms. The Bertz CT molecular complexity index is 658. The van der Waals surface area contributed by atoms with Crippen LogP contribution in [0.5, 0.6) is 0 Å². The predicted molar refractivity (Wildman–Crippen MR) is 108 cm³/mol. The highest BCUT2D eigenvalue weighted by Gasteiger charge is 2.29. The number of carboxylic acids is 1. The fourth-order valence-corrected chi connectivity index (χ4v) is 3.52. The Kier molecular flexibility index (Phi) is 7.38. The fraction of sp³-hybridized carbons (Fsp3) is 0.600. The van der Waals surface area contributed by atoms with E-state index in [1.807, 2.05) is 23.2 Å². The highest BCUT2D eigenvalue weighted by molar-refractivity contribution is 5.79. The van der Waals surface area contributed by atoms with Gasteiger partial charge < -0.3 is 10.1 Å². The monoisotopic (exact) mass is 389 g/mol. The van der Waals surface area contributed by atoms with E-state index in [-0.39, 0.29) is 18.7 Å². The van der Waals surface area contributed by atoms with E-state index < -0.39 is 5.97 Å². The molecule has 154 valence electrons. The zero-order valence-electron chi connectivity index (χ0n) is 16.8. The zero-order valence-corrected chi connectivity index (χ0v) is 16.8. The second-order valence-electron chi connectivity index (χ2n) is 7.50. The summed E-state index contributed by atoms with van der Waals surface area (Å²) >= 11 is 0. The standard InChI is InChI=1S/C20H31N5O3/c1-3-23(2)21-13-16-4-6-17(7-5-16)19-12-18(28-22-19)14-24-8-10-25(11-9-24)15-20(26)27/h4-7,13,18-19,22H,3,8-12,14-15H2,1-2H3,(H,26,27). The van der Waals surface area contributed by atoms with Gasteiger partial charge in [-0.3, -0.25) is 19.4 Å². The number of benzene rings is 1. The van der Waals surface area contributed by atoms with E-state index in [0.717, 1.165) is 51.3 Å². The molecule has 2 atom stereocenters. The molecule has 1 aromatic carbocycles. The molecule has 1 aromatic rings. The first kappa shape index (κ1) is 20.7. The summed E-state index contributed by atoms with van der Waals surface area (Å²) < 4.78 is 0. The lowest BCUT2D eigenvalue weighted by molar-refractivity contribution is -0.138. The van der Waals surface area contributed by atoms with E-state index in [2.05, 4.69) is 46.7 Å². The molecule has 0 amide bonds. The number of nitrogens with one attached hydrogen (secondary N) is 1. The summed E-state index contributed by atoms with van der Waals surface area (Å²) in [6.07, 6.45) is 2.95. The second-order valence-corrected chi connectivity index (χ2v) is 7.50. The molecule has 0 aromatic heterocycles. The number of hydrogen-bond acceptors (Lipinski definition) is 7. The molecule has 2 aliphatic heterocycles. The second kappa shape index (κ2) is 9.97. The molecule has 2 aliphatic rings. The minimum atomic E-state index is -0.755. The summed E-state index contributed by atoms with van der Waals surface area (Å²) in [6.45, 7) is 7.33. The number of carbonyl (C=O) groups is 1. The minimum Gasteiger partial charge on any atom is -0.480 e. The average Bonchev–Trinajstić information content (AvgIpc) is 3.16. The Labute approximate surface area is 166 Å². The third kappa shape index (κ3) is 6.00. The van der Waals surface area contributed by atoms with Gasteiger partial charge in [-0.2, -0.15) is 10.6 Å². The maximum atomic E-state index is 10.8. The van der Waals surface area contributed by atoms with Crippen LogP contribution in [-0.2, 0) is 9.63 Å². The van der Waals surface area contributed by atoms with Crippen LogP contribution in [-0.4, -0.2) is 91.1 Å². The van der Waals surface area contributed by atoms with Gasteiger partial charge in [0.1, 0.15) is 0 Å². The van der Waals surface area contributed by atoms with Gasteiger partial charge >= 0.3 is 5.97 Å². The van der Waals surface area contributed by atoms with Crippen LogP contribution >= 0.6 is 0 Å². The Balaban J connectivity index is 1.44. The Morgan fingerprint density at radius 1 is 1.29 bits per heavy atom. The smallest absolute Gasteiger partial charge is 0.317 e. The summed E-state index contributed by atoms with van der Waals surface area (Å²) in [5.41, 5.74) is 5.47. The first-order valence-electron chi connectivity index (χ1n) is 9.96. The quantitative estimate of drug-likeness (QED) is 0.507. The van der Waals surface area contributed by atoms with Crippen molar-refractivity contribution in [1.29, 1.82) is 0 Å². The molecule has 8 heteroatoms. The number of nitrogens with zero attached hydrogens (tertiary/aromatic N) is 4. The molecule has 2 fully saturated rings. The molecule has 3 rings (SSSR count). The van der Waals surface area contributed by atoms with E-state index in [1.165, 1.54) is 5.56 Å². The van der Waals surface area contributed by atoms with Crippen LogP contribution in [0, 0.1) is 0 Å². The molecule has 28 heavy (non-hydrogen) atoms. The molecule has 8 nitrogen and oxygen atoms in total. The molecule has 2 saturated heterocycles. The van der Waals surface area contributed by atoms with Crippen molar-refractivity contribution in [3.63, 3.8) is 0 Å². The zero-order chi connectivity index (χ0) is 19.9. The van der Waals surface area contributed by atoms with E-state index >= 15 is 0 Å². The molecule has 2 heterocycles. The molecule has 2 N–H and O–H groups in total. The lowest BCUT2D eigenvalue weighted by Crippen LogP contribution is -2.49. The molecule has 0 radical (unpaired) electrons. The number of piperazine rings is 1. The number of hydroxylamine groups is 1. The van der Waals surface area contributed by atoms with Gasteiger partial charge in [0.25, 0.3) is 0 Å². The Morgan fingerprint density at radius 2 is 1.96 bits per heavy atom. The molecule has 2 unspecified atom stereocenters. The first-order valence-corrected chi connectivity index (χ1v) is 9.96. The Hall–Kier alpha value is -2.00. The number of rotatable bonds is 8. The van der Waals surface area contributed by atoms with Gasteiger partial charge in [-0.15, -0.1) is 0 Å². The lowest BCUT2D eigenvalue weighted by atomic mass is 10.0. The third-order valence-electron chi connectivity index (χ3n) is 5.36. The molecular formula is C20H31N5O3. The van der Waals surface area contributed by atoms with Crippen LogP contribution in [0.3, 0.4) is 0 Å². The summed E-state index contributed by atoms with van der Waals surface area (Å²) in [5, 5.41) is 15.1. The van der Waals surface area contributed by atoms with E-state index in [1.54, 1.807) is 0 Å². The summed E-state index contributed by atoms with van der Waals surface area (Å²) in [5.74, 6) is -0.755. The lowest BCUT2D eigenvalue weighted by Gasteiger charge is -2.34. The van der Waals surface area contributed by atoms with E-state index in [4.69, 9.17) is 9.94 Å². The van der Waals surface area contributed by atoms with Crippen molar-refractivity contribution in [2.24, 2.45) is 5.10 Å². The highest BCUT2D eigenvalue weighted by atomic mass is 16.7. The van der Waals surface area contributed by atoms with Crippen molar-refractivity contribution in [1.82, 2.24) is 20.3 Å². The summed E-state index contributed by atoms with van der Waals surface area (Å²) in [4.78, 5) is 21.0. The maximum Gasteiger partial charge on any atom is 0.317 e. The summed E-state index contributed by atoms with van der Waals surface area (Å²) in [6, 6.07) is 8.61. The molecule has 0 aliphatic carbocycles. The summed E-state index contributed by atoms with van der Waals surface area (Å²) in [7, 11) is 1.96. The Morgan fingerprint density at radius 3 is 2.61 bits per heavy atom. The van der Waals surface area contributed by atoms with Crippen LogP contribution in [0.15, 0.2) is 29.4 Å².